The van der Waals surface area contributed by atoms with Crippen molar-refractivity contribution in [1.82, 2.24) is 16.0 Å². The molecule has 28 heavy (non-hydrogen) atoms. The van der Waals surface area contributed by atoms with E-state index in [0.29, 0.717) is 31.6 Å². The number of thioether (sulfide) groups is 1. The topological polar surface area (TPSA) is 197 Å². The summed E-state index contributed by atoms with van der Waals surface area (Å²) in [6.07, 6.45) is 3.64. The third-order valence-corrected chi connectivity index (χ3v) is 4.47. The third kappa shape index (κ3) is 10.4. The molecule has 0 bridgehead atoms. The lowest BCUT2D eigenvalue weighted by molar-refractivity contribution is -0.143. The molecule has 0 heterocycles. The number of nitrogens with one attached hydrogen (secondary N) is 3. The van der Waals surface area contributed by atoms with E-state index < -0.39 is 48.4 Å². The summed E-state index contributed by atoms with van der Waals surface area (Å²) in [6, 6.07) is -3.38. The molecule has 0 saturated heterocycles. The third-order valence-electron chi connectivity index (χ3n) is 3.82. The van der Waals surface area contributed by atoms with Crippen molar-refractivity contribution in [2.75, 3.05) is 31.7 Å². The highest BCUT2D eigenvalue weighted by atomic mass is 32.2. The average molecular weight is 422 g/mol. The quantitative estimate of drug-likeness (QED) is 0.138. The zero-order valence-corrected chi connectivity index (χ0v) is 16.8. The van der Waals surface area contributed by atoms with Crippen LogP contribution in [0.1, 0.15) is 25.7 Å². The first-order valence-electron chi connectivity index (χ1n) is 8.93. The van der Waals surface area contributed by atoms with Crippen molar-refractivity contribution in [3.63, 3.8) is 0 Å². The number of aliphatic hydroxyl groups is 1. The zero-order valence-electron chi connectivity index (χ0n) is 16.0. The van der Waals surface area contributed by atoms with E-state index in [9.17, 15) is 19.2 Å². The fraction of sp³-hybridized carbons (Fsp3) is 0.750. The zero-order chi connectivity index (χ0) is 21.5. The fourth-order valence-corrected chi connectivity index (χ4v) is 2.72. The van der Waals surface area contributed by atoms with Gasteiger partial charge in [0.25, 0.3) is 0 Å². The lowest BCUT2D eigenvalue weighted by atomic mass is 10.1. The van der Waals surface area contributed by atoms with Crippen LogP contribution in [0.5, 0.6) is 0 Å². The van der Waals surface area contributed by atoms with Gasteiger partial charge in [0.15, 0.2) is 0 Å². The number of carboxylic acids is 1. The second-order valence-electron chi connectivity index (χ2n) is 6.03. The van der Waals surface area contributed by atoms with Crippen LogP contribution in [-0.2, 0) is 19.2 Å². The van der Waals surface area contributed by atoms with Crippen LogP contribution in [0.4, 0.5) is 0 Å². The predicted molar refractivity (Wildman–Crippen MR) is 105 cm³/mol. The van der Waals surface area contributed by atoms with Gasteiger partial charge in [-0.25, -0.2) is 4.79 Å². The van der Waals surface area contributed by atoms with Gasteiger partial charge in [-0.1, -0.05) is 0 Å². The molecule has 0 aromatic rings. The molecule has 0 spiro atoms. The number of unbranched alkanes of at least 4 members (excludes halogenated alkanes) is 1. The molecule has 0 aliphatic rings. The highest BCUT2D eigenvalue weighted by molar-refractivity contribution is 7.98. The van der Waals surface area contributed by atoms with Crippen LogP contribution in [0.2, 0.25) is 0 Å². The van der Waals surface area contributed by atoms with E-state index >= 15 is 0 Å². The Kier molecular flexibility index (Phi) is 14.1. The number of rotatable bonds is 15. The maximum atomic E-state index is 12.6. The number of hydrogen-bond acceptors (Lipinski definition) is 8. The van der Waals surface area contributed by atoms with Gasteiger partial charge in [-0.15, -0.1) is 0 Å². The van der Waals surface area contributed by atoms with E-state index in [2.05, 4.69) is 16.0 Å². The molecular weight excluding hydrogens is 390 g/mol. The highest BCUT2D eigenvalue weighted by Crippen LogP contribution is 2.05. The molecule has 0 saturated carbocycles. The minimum Gasteiger partial charge on any atom is -0.480 e. The minimum absolute atomic E-state index is 0.247. The van der Waals surface area contributed by atoms with E-state index in [1.54, 1.807) is 0 Å². The molecule has 162 valence electrons. The van der Waals surface area contributed by atoms with Crippen molar-refractivity contribution in [3.8, 4) is 0 Å². The number of aliphatic hydroxyl groups excluding tert-OH is 1. The first-order valence-corrected chi connectivity index (χ1v) is 10.3. The number of hydrogen-bond donors (Lipinski definition) is 7. The van der Waals surface area contributed by atoms with Crippen LogP contribution in [-0.4, -0.2) is 83.7 Å². The van der Waals surface area contributed by atoms with Crippen LogP contribution in [0.3, 0.4) is 0 Å². The second-order valence-corrected chi connectivity index (χ2v) is 7.02. The first-order chi connectivity index (χ1) is 13.3. The summed E-state index contributed by atoms with van der Waals surface area (Å²) in [7, 11) is 0. The lowest BCUT2D eigenvalue weighted by Crippen LogP contribution is -2.56. The van der Waals surface area contributed by atoms with Gasteiger partial charge in [0.2, 0.25) is 17.7 Å². The van der Waals surface area contributed by atoms with E-state index in [1.165, 1.54) is 11.8 Å². The molecule has 0 radical (unpaired) electrons. The van der Waals surface area contributed by atoms with Crippen molar-refractivity contribution in [2.24, 2.45) is 11.5 Å². The van der Waals surface area contributed by atoms with Gasteiger partial charge in [-0.3, -0.25) is 14.4 Å². The van der Waals surface area contributed by atoms with Crippen molar-refractivity contribution < 1.29 is 29.4 Å². The maximum absolute atomic E-state index is 12.6. The number of amides is 3. The van der Waals surface area contributed by atoms with Gasteiger partial charge in [0, 0.05) is 0 Å². The SMILES string of the molecule is CSCCC(NC(=O)C(CCCCN)NC(=O)CN)C(=O)NC(CO)C(=O)O. The standard InChI is InChI=1S/C16H31N5O6S/c1-28-7-5-11(15(25)21-12(9-22)16(26)27)20-14(24)10(4-2-3-6-17)19-13(23)8-18/h10-12,22H,2-9,17-18H2,1H3,(H,19,23)(H,20,24)(H,21,25)(H,26,27). The summed E-state index contributed by atoms with van der Waals surface area (Å²) in [5.41, 5.74) is 10.7. The van der Waals surface area contributed by atoms with Crippen LogP contribution >= 0.6 is 11.8 Å². The monoisotopic (exact) mass is 421 g/mol. The normalized spacial score (nSPS) is 13.9. The van der Waals surface area contributed by atoms with Gasteiger partial charge in [-0.05, 0) is 44.2 Å². The summed E-state index contributed by atoms with van der Waals surface area (Å²) in [5, 5.41) is 25.3. The number of carbonyl (C=O) groups excluding carboxylic acids is 3. The van der Waals surface area contributed by atoms with Crippen LogP contribution < -0.4 is 27.4 Å². The first kappa shape index (κ1) is 26.1. The molecule has 0 aliphatic heterocycles. The molecule has 9 N–H and O–H groups in total. The van der Waals surface area contributed by atoms with E-state index in [-0.39, 0.29) is 13.0 Å². The van der Waals surface area contributed by atoms with Crippen molar-refractivity contribution in [1.29, 1.82) is 0 Å². The molecule has 3 atom stereocenters. The molecule has 0 rings (SSSR count). The average Bonchev–Trinajstić information content (AvgIpc) is 2.67. The van der Waals surface area contributed by atoms with Gasteiger partial charge >= 0.3 is 5.97 Å². The van der Waals surface area contributed by atoms with Crippen molar-refractivity contribution in [3.05, 3.63) is 0 Å². The number of carbonyl (C=O) groups is 4. The number of carboxylic acid groups (broad SMARTS) is 1. The van der Waals surface area contributed by atoms with E-state index in [0.717, 1.165) is 0 Å². The van der Waals surface area contributed by atoms with Gasteiger partial charge in [0.1, 0.15) is 18.1 Å². The molecule has 0 aromatic heterocycles. The largest absolute Gasteiger partial charge is 0.480 e. The molecule has 3 unspecified atom stereocenters. The summed E-state index contributed by atoms with van der Waals surface area (Å²) in [5.74, 6) is -2.67. The Morgan fingerprint density at radius 3 is 1.96 bits per heavy atom. The highest BCUT2D eigenvalue weighted by Gasteiger charge is 2.28. The Hall–Kier alpha value is -1.89. The van der Waals surface area contributed by atoms with Crippen molar-refractivity contribution in [2.45, 2.75) is 43.8 Å². The van der Waals surface area contributed by atoms with E-state index in [4.69, 9.17) is 21.7 Å². The molecule has 12 heteroatoms. The Labute approximate surface area is 168 Å². The van der Waals surface area contributed by atoms with Gasteiger partial charge in [0.05, 0.1) is 13.2 Å². The summed E-state index contributed by atoms with van der Waals surface area (Å²) in [4.78, 5) is 47.6. The molecule has 0 aliphatic carbocycles. The molecular formula is C16H31N5O6S. The predicted octanol–water partition coefficient (Wildman–Crippen LogP) is -2.64. The Morgan fingerprint density at radius 1 is 0.929 bits per heavy atom. The Morgan fingerprint density at radius 2 is 1.50 bits per heavy atom. The molecule has 11 nitrogen and oxygen atoms in total. The second kappa shape index (κ2) is 15.1. The molecule has 0 fully saturated rings. The van der Waals surface area contributed by atoms with Gasteiger partial charge < -0.3 is 37.6 Å². The lowest BCUT2D eigenvalue weighted by Gasteiger charge is -2.24. The van der Waals surface area contributed by atoms with Crippen LogP contribution in [0, 0.1) is 0 Å². The van der Waals surface area contributed by atoms with Gasteiger partial charge in [-0.2, -0.15) is 11.8 Å². The van der Waals surface area contributed by atoms with Crippen LogP contribution in [0.25, 0.3) is 0 Å². The van der Waals surface area contributed by atoms with E-state index in [1.807, 2.05) is 6.26 Å². The minimum atomic E-state index is -1.47. The smallest absolute Gasteiger partial charge is 0.328 e. The summed E-state index contributed by atoms with van der Waals surface area (Å²) < 4.78 is 0. The summed E-state index contributed by atoms with van der Waals surface area (Å²) >= 11 is 1.45. The number of aliphatic carboxylic acids is 1. The van der Waals surface area contributed by atoms with Crippen molar-refractivity contribution >= 4 is 35.5 Å². The molecule has 3 amide bonds. The Bertz CT molecular complexity index is 522. The summed E-state index contributed by atoms with van der Waals surface area (Å²) in [6.45, 7) is -0.623. The van der Waals surface area contributed by atoms with Crippen LogP contribution in [0.15, 0.2) is 0 Å². The molecule has 0 aromatic carbocycles. The Balaban J connectivity index is 5.15. The maximum Gasteiger partial charge on any atom is 0.328 e. The number of nitrogens with two attached hydrogens (primary N) is 2. The fourth-order valence-electron chi connectivity index (χ4n) is 2.25.